The van der Waals surface area contributed by atoms with Crippen LogP contribution in [0.4, 0.5) is 0 Å². The van der Waals surface area contributed by atoms with Crippen molar-refractivity contribution in [3.05, 3.63) is 34.3 Å². The molecule has 0 amide bonds. The Hall–Kier alpha value is -0.393. The van der Waals surface area contributed by atoms with Crippen molar-refractivity contribution in [2.24, 2.45) is 11.3 Å². The number of hydrogen-bond donors (Lipinski definition) is 1. The molecule has 0 fully saturated rings. The maximum Gasteiger partial charge on any atom is 0.236 e. The summed E-state index contributed by atoms with van der Waals surface area (Å²) in [7, 11) is -1.02. The van der Waals surface area contributed by atoms with E-state index in [-0.39, 0.29) is 17.4 Å². The van der Waals surface area contributed by atoms with Crippen LogP contribution in [0.15, 0.2) is 18.2 Å². The molecule has 1 heterocycles. The molecule has 3 nitrogen and oxygen atoms in total. The first kappa shape index (κ1) is 18.0. The Bertz CT molecular complexity index is 556. The number of hydrogen-bond acceptors (Lipinski definition) is 3. The van der Waals surface area contributed by atoms with Crippen LogP contribution in [0.5, 0.6) is 0 Å². The zero-order valence-electron chi connectivity index (χ0n) is 14.6. The third-order valence-electron chi connectivity index (χ3n) is 4.19. The van der Waals surface area contributed by atoms with Gasteiger partial charge >= 0.3 is 0 Å². The summed E-state index contributed by atoms with van der Waals surface area (Å²) in [6, 6.07) is 5.83. The standard InChI is InChI=1S/C17H27ClNO2Si/c1-11(2)17(20)14-12(9-8-10-13(14)18)15(16(3,4)5)19(17)21-22(6)7/h8-11,15,20H,1-7H3. The minimum atomic E-state index is -1.20. The second kappa shape index (κ2) is 5.91. The SMILES string of the molecule is CC(C)C1(O)c2c(Cl)cccc2C(C(C)(C)C)N1O[Si](C)C. The molecule has 1 N–H and O–H groups in total. The van der Waals surface area contributed by atoms with Gasteiger partial charge < -0.3 is 9.63 Å². The van der Waals surface area contributed by atoms with Crippen molar-refractivity contribution < 1.29 is 9.63 Å². The van der Waals surface area contributed by atoms with Crippen LogP contribution in [-0.2, 0) is 10.3 Å². The number of benzene rings is 1. The van der Waals surface area contributed by atoms with Gasteiger partial charge in [0.15, 0.2) is 5.72 Å². The fourth-order valence-corrected chi connectivity index (χ4v) is 4.23. The van der Waals surface area contributed by atoms with Gasteiger partial charge in [0.2, 0.25) is 9.04 Å². The molecule has 0 saturated carbocycles. The molecule has 0 spiro atoms. The molecule has 0 bridgehead atoms. The topological polar surface area (TPSA) is 32.7 Å². The number of nitrogens with zero attached hydrogens (tertiary/aromatic N) is 1. The van der Waals surface area contributed by atoms with Crippen LogP contribution in [0, 0.1) is 11.3 Å². The highest BCUT2D eigenvalue weighted by atomic mass is 35.5. The van der Waals surface area contributed by atoms with Crippen molar-refractivity contribution >= 4 is 20.6 Å². The van der Waals surface area contributed by atoms with Crippen LogP contribution >= 0.6 is 11.6 Å². The molecule has 1 aromatic carbocycles. The van der Waals surface area contributed by atoms with E-state index in [2.05, 4.69) is 39.9 Å². The summed E-state index contributed by atoms with van der Waals surface area (Å²) >= 11 is 6.48. The Morgan fingerprint density at radius 3 is 2.36 bits per heavy atom. The zero-order valence-corrected chi connectivity index (χ0v) is 16.3. The van der Waals surface area contributed by atoms with Crippen LogP contribution < -0.4 is 0 Å². The van der Waals surface area contributed by atoms with E-state index in [1.54, 1.807) is 0 Å². The first-order valence-corrected chi connectivity index (χ1v) is 10.6. The van der Waals surface area contributed by atoms with Gasteiger partial charge in [-0.2, -0.15) is 5.06 Å². The summed E-state index contributed by atoms with van der Waals surface area (Å²) in [6.45, 7) is 14.7. The number of aliphatic hydroxyl groups is 1. The molecule has 1 aromatic rings. The van der Waals surface area contributed by atoms with Crippen LogP contribution in [-0.4, -0.2) is 19.2 Å². The molecule has 5 heteroatoms. The molecule has 1 radical (unpaired) electrons. The minimum absolute atomic E-state index is 0.0338. The molecule has 2 unspecified atom stereocenters. The number of halogens is 1. The quantitative estimate of drug-likeness (QED) is 0.807. The fourth-order valence-electron chi connectivity index (χ4n) is 3.27. The van der Waals surface area contributed by atoms with Gasteiger partial charge in [-0.05, 0) is 30.1 Å². The average molecular weight is 341 g/mol. The number of rotatable bonds is 3. The molecule has 2 rings (SSSR count). The molecule has 0 aromatic heterocycles. The van der Waals surface area contributed by atoms with Gasteiger partial charge in [-0.25, -0.2) is 0 Å². The van der Waals surface area contributed by atoms with E-state index in [4.69, 9.17) is 16.1 Å². The molecule has 0 aliphatic carbocycles. The summed E-state index contributed by atoms with van der Waals surface area (Å²) < 4.78 is 6.19. The monoisotopic (exact) mass is 340 g/mol. The van der Waals surface area contributed by atoms with Crippen LogP contribution in [0.1, 0.15) is 51.8 Å². The lowest BCUT2D eigenvalue weighted by molar-refractivity contribution is -0.293. The van der Waals surface area contributed by atoms with Crippen molar-refractivity contribution in [1.29, 1.82) is 0 Å². The van der Waals surface area contributed by atoms with Crippen LogP contribution in [0.2, 0.25) is 18.1 Å². The Balaban J connectivity index is 2.72. The van der Waals surface area contributed by atoms with Gasteiger partial charge in [0, 0.05) is 16.5 Å². The van der Waals surface area contributed by atoms with Crippen molar-refractivity contribution in [3.8, 4) is 0 Å². The highest BCUT2D eigenvalue weighted by molar-refractivity contribution is 6.48. The Kier molecular flexibility index (Phi) is 4.82. The van der Waals surface area contributed by atoms with Crippen molar-refractivity contribution in [2.75, 3.05) is 0 Å². The highest BCUT2D eigenvalue weighted by Crippen LogP contribution is 2.56. The summed E-state index contributed by atoms with van der Waals surface area (Å²) in [6.07, 6.45) is 0. The first-order valence-electron chi connectivity index (χ1n) is 7.80. The third-order valence-corrected chi connectivity index (χ3v) is 5.06. The van der Waals surface area contributed by atoms with Gasteiger partial charge in [-0.15, -0.1) is 0 Å². The van der Waals surface area contributed by atoms with E-state index in [0.29, 0.717) is 5.02 Å². The molecule has 1 aliphatic heterocycles. The van der Waals surface area contributed by atoms with Crippen molar-refractivity contribution in [3.63, 3.8) is 0 Å². The van der Waals surface area contributed by atoms with E-state index in [1.165, 1.54) is 0 Å². The Morgan fingerprint density at radius 2 is 1.91 bits per heavy atom. The molecule has 0 saturated heterocycles. The Labute approximate surface area is 140 Å². The summed E-state index contributed by atoms with van der Waals surface area (Å²) in [5.41, 5.74) is 0.582. The van der Waals surface area contributed by atoms with Crippen LogP contribution in [0.3, 0.4) is 0 Å². The predicted molar refractivity (Wildman–Crippen MR) is 92.8 cm³/mol. The van der Waals surface area contributed by atoms with Crippen molar-refractivity contribution in [1.82, 2.24) is 5.06 Å². The van der Waals surface area contributed by atoms with E-state index in [0.717, 1.165) is 11.1 Å². The third kappa shape index (κ3) is 2.76. The second-order valence-corrected chi connectivity index (χ2v) is 10.1. The fraction of sp³-hybridized carbons (Fsp3) is 0.647. The molecular formula is C17H27ClNO2Si. The van der Waals surface area contributed by atoms with Crippen LogP contribution in [0.25, 0.3) is 0 Å². The van der Waals surface area contributed by atoms with E-state index in [9.17, 15) is 5.11 Å². The summed E-state index contributed by atoms with van der Waals surface area (Å²) in [5.74, 6) is -0.0418. The minimum Gasteiger partial charge on any atom is -0.369 e. The van der Waals surface area contributed by atoms with E-state index in [1.807, 2.05) is 31.0 Å². The maximum absolute atomic E-state index is 11.6. The molecular weight excluding hydrogens is 314 g/mol. The average Bonchev–Trinajstić information content (AvgIpc) is 2.60. The molecule has 22 heavy (non-hydrogen) atoms. The zero-order chi connectivity index (χ0) is 16.9. The smallest absolute Gasteiger partial charge is 0.236 e. The van der Waals surface area contributed by atoms with Gasteiger partial charge in [0.25, 0.3) is 0 Å². The lowest BCUT2D eigenvalue weighted by Gasteiger charge is -2.44. The highest BCUT2D eigenvalue weighted by Gasteiger charge is 2.56. The first-order chi connectivity index (χ1) is 10.0. The summed E-state index contributed by atoms with van der Waals surface area (Å²) in [5, 5.41) is 14.0. The van der Waals surface area contributed by atoms with E-state index < -0.39 is 14.8 Å². The lowest BCUT2D eigenvalue weighted by atomic mass is 9.82. The van der Waals surface area contributed by atoms with Gasteiger partial charge in [0.05, 0.1) is 6.04 Å². The van der Waals surface area contributed by atoms with Crippen molar-refractivity contribution in [2.45, 2.75) is 59.5 Å². The Morgan fingerprint density at radius 1 is 1.32 bits per heavy atom. The predicted octanol–water partition coefficient (Wildman–Crippen LogP) is 4.73. The number of fused-ring (bicyclic) bond motifs is 1. The van der Waals surface area contributed by atoms with Gasteiger partial charge in [-0.3, -0.25) is 0 Å². The largest absolute Gasteiger partial charge is 0.369 e. The normalized spacial score (nSPS) is 26.0. The van der Waals surface area contributed by atoms with Gasteiger partial charge in [-0.1, -0.05) is 58.4 Å². The molecule has 2 atom stereocenters. The van der Waals surface area contributed by atoms with E-state index >= 15 is 0 Å². The molecule has 123 valence electrons. The molecule has 1 aliphatic rings. The second-order valence-electron chi connectivity index (χ2n) is 7.68. The van der Waals surface area contributed by atoms with Gasteiger partial charge in [0.1, 0.15) is 0 Å². The maximum atomic E-state index is 11.6. The summed E-state index contributed by atoms with van der Waals surface area (Å²) in [4.78, 5) is 0. The number of hydroxylamine groups is 2. The lowest BCUT2D eigenvalue weighted by Crippen LogP contribution is -2.50.